The number of fused-ring (bicyclic) bond motifs is 3. The molecule has 8 nitrogen and oxygen atoms in total. The molecule has 1 fully saturated rings. The van der Waals surface area contributed by atoms with Gasteiger partial charge in [0, 0.05) is 25.4 Å². The minimum atomic E-state index is -1.14. The van der Waals surface area contributed by atoms with Gasteiger partial charge in [0.1, 0.15) is 12.6 Å². The van der Waals surface area contributed by atoms with Gasteiger partial charge in [0.2, 0.25) is 5.91 Å². The van der Waals surface area contributed by atoms with Crippen molar-refractivity contribution in [2.45, 2.75) is 44.8 Å². The van der Waals surface area contributed by atoms with Crippen LogP contribution in [0, 0.1) is 11.8 Å². The van der Waals surface area contributed by atoms with Gasteiger partial charge < -0.3 is 25.2 Å². The number of β-amino-alcohol motifs (C(OH)–C–C–N with tert-alkyl or cyclic N) is 1. The molecule has 35 heavy (non-hydrogen) atoms. The molecule has 1 aliphatic carbocycles. The lowest BCUT2D eigenvalue weighted by Crippen LogP contribution is -2.47. The number of nitrogens with zero attached hydrogens (tertiary/aromatic N) is 1. The van der Waals surface area contributed by atoms with E-state index in [1.165, 1.54) is 4.90 Å². The second-order valence-electron chi connectivity index (χ2n) is 9.77. The van der Waals surface area contributed by atoms with Crippen LogP contribution >= 0.6 is 0 Å². The fourth-order valence-electron chi connectivity index (χ4n) is 5.22. The molecule has 186 valence electrons. The Bertz CT molecular complexity index is 1060. The first-order valence-corrected chi connectivity index (χ1v) is 12.1. The smallest absolute Gasteiger partial charge is 0.407 e. The summed E-state index contributed by atoms with van der Waals surface area (Å²) in [5.41, 5.74) is 4.50. The van der Waals surface area contributed by atoms with Crippen LogP contribution in [0.3, 0.4) is 0 Å². The average molecular weight is 481 g/mol. The summed E-state index contributed by atoms with van der Waals surface area (Å²) in [7, 11) is 0. The highest BCUT2D eigenvalue weighted by atomic mass is 16.5. The summed E-state index contributed by atoms with van der Waals surface area (Å²) >= 11 is 0. The van der Waals surface area contributed by atoms with Crippen LogP contribution in [0.2, 0.25) is 0 Å². The van der Waals surface area contributed by atoms with Crippen LogP contribution in [0.25, 0.3) is 11.1 Å². The number of carboxylic acids is 1. The van der Waals surface area contributed by atoms with Crippen molar-refractivity contribution in [2.75, 3.05) is 19.7 Å². The van der Waals surface area contributed by atoms with Gasteiger partial charge in [-0.05, 0) is 34.6 Å². The van der Waals surface area contributed by atoms with Crippen LogP contribution < -0.4 is 5.32 Å². The Morgan fingerprint density at radius 1 is 1.06 bits per heavy atom. The number of nitrogens with one attached hydrogen (secondary N) is 1. The Hall–Kier alpha value is -3.39. The summed E-state index contributed by atoms with van der Waals surface area (Å²) in [6, 6.07) is 15.1. The predicted molar refractivity (Wildman–Crippen MR) is 130 cm³/mol. The van der Waals surface area contributed by atoms with E-state index in [-0.39, 0.29) is 43.9 Å². The zero-order chi connectivity index (χ0) is 25.1. The van der Waals surface area contributed by atoms with E-state index in [9.17, 15) is 24.6 Å². The lowest BCUT2D eigenvalue weighted by atomic mass is 9.95. The maximum absolute atomic E-state index is 13.2. The van der Waals surface area contributed by atoms with Gasteiger partial charge in [-0.25, -0.2) is 9.59 Å². The molecule has 1 aliphatic heterocycles. The second kappa shape index (κ2) is 10.5. The van der Waals surface area contributed by atoms with Gasteiger partial charge in [-0.1, -0.05) is 62.4 Å². The number of carbonyl (C=O) groups excluding carboxylic acids is 2. The molecule has 2 aromatic rings. The number of hydrogen-bond donors (Lipinski definition) is 3. The number of aliphatic hydroxyl groups excluding tert-OH is 1. The first kappa shape index (κ1) is 24.7. The minimum absolute atomic E-state index is 0.00921. The van der Waals surface area contributed by atoms with Crippen molar-refractivity contribution in [3.05, 3.63) is 59.7 Å². The fraction of sp³-hybridized carbons (Fsp3) is 0.444. The van der Waals surface area contributed by atoms with Gasteiger partial charge in [-0.15, -0.1) is 0 Å². The number of aliphatic carboxylic acids is 1. The van der Waals surface area contributed by atoms with Crippen molar-refractivity contribution in [2.24, 2.45) is 11.8 Å². The van der Waals surface area contributed by atoms with Crippen molar-refractivity contribution in [3.8, 4) is 11.1 Å². The van der Waals surface area contributed by atoms with E-state index in [0.29, 0.717) is 6.42 Å². The van der Waals surface area contributed by atoms with Crippen LogP contribution in [0.1, 0.15) is 43.7 Å². The standard InChI is InChI=1S/C27H32N2O6/c1-16(2)11-17(25(31)29-14-18(30)12-24(29)26(32)33)13-28-27(34)35-15-23-21-9-5-3-7-19(21)20-8-4-6-10-22(20)23/h3-10,16-18,23-24,30H,11-15H2,1-2H3,(H,28,34)(H,32,33)/t17?,18-,24-/m1/s1. The fourth-order valence-corrected chi connectivity index (χ4v) is 5.22. The molecule has 2 aromatic carbocycles. The third-order valence-corrected chi connectivity index (χ3v) is 6.79. The number of carboxylic acid groups (broad SMARTS) is 1. The number of rotatable bonds is 8. The monoisotopic (exact) mass is 480 g/mol. The lowest BCUT2D eigenvalue weighted by molar-refractivity contribution is -0.150. The van der Waals surface area contributed by atoms with Crippen LogP contribution in [0.15, 0.2) is 48.5 Å². The summed E-state index contributed by atoms with van der Waals surface area (Å²) in [6.45, 7) is 4.10. The topological polar surface area (TPSA) is 116 Å². The first-order valence-electron chi connectivity index (χ1n) is 12.1. The molecule has 1 unspecified atom stereocenters. The normalized spacial score (nSPS) is 19.8. The van der Waals surface area contributed by atoms with Crippen LogP contribution in [-0.4, -0.2) is 64.9 Å². The number of alkyl carbamates (subject to hydrolysis) is 1. The molecular weight excluding hydrogens is 448 g/mol. The van der Waals surface area contributed by atoms with Gasteiger partial charge in [-0.2, -0.15) is 0 Å². The molecule has 0 saturated carbocycles. The SMILES string of the molecule is CC(C)CC(CNC(=O)OCC1c2ccccc2-c2ccccc21)C(=O)N1C[C@H](O)C[C@@H]1C(=O)O. The molecule has 0 spiro atoms. The third kappa shape index (κ3) is 5.32. The largest absolute Gasteiger partial charge is 0.480 e. The molecule has 8 heteroatoms. The van der Waals surface area contributed by atoms with E-state index in [1.807, 2.05) is 50.2 Å². The highest BCUT2D eigenvalue weighted by Crippen LogP contribution is 2.44. The number of likely N-dealkylation sites (tertiary alicyclic amines) is 1. The molecule has 0 radical (unpaired) electrons. The van der Waals surface area contributed by atoms with Gasteiger partial charge in [0.15, 0.2) is 0 Å². The molecular formula is C27H32N2O6. The van der Waals surface area contributed by atoms with E-state index in [2.05, 4.69) is 17.4 Å². The van der Waals surface area contributed by atoms with Crippen molar-refractivity contribution in [3.63, 3.8) is 0 Å². The molecule has 1 heterocycles. The van der Waals surface area contributed by atoms with Crippen LogP contribution in [-0.2, 0) is 14.3 Å². The van der Waals surface area contributed by atoms with Gasteiger partial charge in [0.25, 0.3) is 0 Å². The Balaban J connectivity index is 1.38. The summed E-state index contributed by atoms with van der Waals surface area (Å²) in [4.78, 5) is 38.5. The van der Waals surface area contributed by atoms with E-state index >= 15 is 0 Å². The van der Waals surface area contributed by atoms with E-state index in [4.69, 9.17) is 4.74 Å². The number of ether oxygens (including phenoxy) is 1. The maximum Gasteiger partial charge on any atom is 0.407 e. The Morgan fingerprint density at radius 3 is 2.23 bits per heavy atom. The summed E-state index contributed by atoms with van der Waals surface area (Å²) in [5, 5.41) is 22.1. The van der Waals surface area contributed by atoms with Gasteiger partial charge in [-0.3, -0.25) is 4.79 Å². The van der Waals surface area contributed by atoms with E-state index < -0.39 is 30.1 Å². The molecule has 2 amide bonds. The first-order chi connectivity index (χ1) is 16.8. The number of benzene rings is 2. The molecule has 2 aliphatic rings. The van der Waals surface area contributed by atoms with Gasteiger partial charge in [0.05, 0.1) is 12.0 Å². The minimum Gasteiger partial charge on any atom is -0.480 e. The summed E-state index contributed by atoms with van der Waals surface area (Å²) in [6.07, 6.45) is -1.00. The van der Waals surface area contributed by atoms with Crippen molar-refractivity contribution < 1.29 is 29.3 Å². The average Bonchev–Trinajstić information content (AvgIpc) is 3.38. The molecule has 4 rings (SSSR count). The third-order valence-electron chi connectivity index (χ3n) is 6.79. The van der Waals surface area contributed by atoms with Crippen molar-refractivity contribution in [1.82, 2.24) is 10.2 Å². The van der Waals surface area contributed by atoms with E-state index in [0.717, 1.165) is 22.3 Å². The van der Waals surface area contributed by atoms with E-state index in [1.54, 1.807) is 0 Å². The molecule has 3 N–H and O–H groups in total. The van der Waals surface area contributed by atoms with Crippen molar-refractivity contribution in [1.29, 1.82) is 0 Å². The zero-order valence-electron chi connectivity index (χ0n) is 20.0. The van der Waals surface area contributed by atoms with Gasteiger partial charge >= 0.3 is 12.1 Å². The molecule has 1 saturated heterocycles. The molecule has 3 atom stereocenters. The predicted octanol–water partition coefficient (Wildman–Crippen LogP) is 3.23. The molecule has 0 aromatic heterocycles. The lowest BCUT2D eigenvalue weighted by Gasteiger charge is -2.27. The number of aliphatic hydroxyl groups is 1. The highest BCUT2D eigenvalue weighted by molar-refractivity contribution is 5.86. The Kier molecular flexibility index (Phi) is 7.40. The van der Waals surface area contributed by atoms with Crippen molar-refractivity contribution >= 4 is 18.0 Å². The number of carbonyl (C=O) groups is 3. The quantitative estimate of drug-likeness (QED) is 0.534. The number of amides is 2. The number of hydrogen-bond acceptors (Lipinski definition) is 5. The summed E-state index contributed by atoms with van der Waals surface area (Å²) < 4.78 is 5.57. The van der Waals surface area contributed by atoms with Crippen LogP contribution in [0.4, 0.5) is 4.79 Å². The zero-order valence-corrected chi connectivity index (χ0v) is 20.0. The second-order valence-corrected chi connectivity index (χ2v) is 9.77. The summed E-state index contributed by atoms with van der Waals surface area (Å²) in [5.74, 6) is -2.03. The Labute approximate surface area is 204 Å². The van der Waals surface area contributed by atoms with Crippen LogP contribution in [0.5, 0.6) is 0 Å². The Morgan fingerprint density at radius 2 is 1.66 bits per heavy atom. The maximum atomic E-state index is 13.2. The highest BCUT2D eigenvalue weighted by Gasteiger charge is 2.41. The molecule has 0 bridgehead atoms.